The molecule has 186 valence electrons. The molecule has 2 aromatic heterocycles. The van der Waals surface area contributed by atoms with Crippen LogP contribution in [0.5, 0.6) is 0 Å². The van der Waals surface area contributed by atoms with Crippen LogP contribution < -0.4 is 5.43 Å². The summed E-state index contributed by atoms with van der Waals surface area (Å²) in [7, 11) is -4.85. The van der Waals surface area contributed by atoms with Crippen LogP contribution >= 0.6 is 0 Å². The van der Waals surface area contributed by atoms with Gasteiger partial charge in [-0.3, -0.25) is 4.79 Å². The summed E-state index contributed by atoms with van der Waals surface area (Å²) in [4.78, 5) is 17.1. The van der Waals surface area contributed by atoms with E-state index in [0.717, 1.165) is 51.6 Å². The summed E-state index contributed by atoms with van der Waals surface area (Å²) >= 11 is 0. The molecule has 37 heavy (non-hydrogen) atoms. The predicted molar refractivity (Wildman–Crippen MR) is 146 cm³/mol. The van der Waals surface area contributed by atoms with Crippen molar-refractivity contribution >= 4 is 43.1 Å². The number of hydrogen-bond acceptors (Lipinski definition) is 3. The number of aromatic nitrogens is 2. The Bertz CT molecular complexity index is 1960. The van der Waals surface area contributed by atoms with E-state index < -0.39 is 10.2 Å². The second kappa shape index (κ2) is 8.32. The highest BCUT2D eigenvalue weighted by atomic mass is 32.3. The zero-order valence-electron chi connectivity index (χ0n) is 20.5. The van der Waals surface area contributed by atoms with Gasteiger partial charge in [0.1, 0.15) is 5.65 Å². The normalized spacial score (nSPS) is 14.1. The van der Waals surface area contributed by atoms with Gasteiger partial charge >= 0.3 is 10.2 Å². The molecule has 7 heteroatoms. The van der Waals surface area contributed by atoms with Gasteiger partial charge in [0.25, 0.3) is 0 Å². The molecule has 1 N–H and O–H groups in total. The smallest absolute Gasteiger partial charge is 0.332 e. The van der Waals surface area contributed by atoms with Gasteiger partial charge in [-0.2, -0.15) is 8.42 Å². The number of hydrogen-bond donors (Lipinski definition) is 1. The van der Waals surface area contributed by atoms with E-state index in [1.807, 2.05) is 30.3 Å². The quantitative estimate of drug-likeness (QED) is 0.217. The van der Waals surface area contributed by atoms with E-state index in [2.05, 4.69) is 29.3 Å². The first-order valence-corrected chi connectivity index (χ1v) is 13.7. The molecular weight excluding hydrogens is 487 g/mol. The fourth-order valence-electron chi connectivity index (χ4n) is 5.36. The monoisotopic (exact) mass is 512 g/mol. The lowest BCUT2D eigenvalue weighted by Crippen LogP contribution is -2.12. The van der Waals surface area contributed by atoms with Crippen LogP contribution in [0.25, 0.3) is 44.0 Å². The first-order valence-electron chi connectivity index (χ1n) is 12.3. The third-order valence-electron chi connectivity index (χ3n) is 7.11. The summed E-state index contributed by atoms with van der Waals surface area (Å²) in [6, 6.07) is 15.7. The van der Waals surface area contributed by atoms with Crippen LogP contribution in [0.4, 0.5) is 3.89 Å². The minimum Gasteiger partial charge on any atom is -0.340 e. The average molecular weight is 513 g/mol. The second-order valence-electron chi connectivity index (χ2n) is 10.3. The van der Waals surface area contributed by atoms with Gasteiger partial charge < -0.3 is 9.55 Å². The number of nitrogens with one attached hydrogen (secondary N) is 1. The molecule has 6 rings (SSSR count). The van der Waals surface area contributed by atoms with Crippen LogP contribution in [0, 0.1) is 18.3 Å². The Morgan fingerprint density at radius 1 is 1.11 bits per heavy atom. The van der Waals surface area contributed by atoms with E-state index in [0.29, 0.717) is 22.8 Å². The van der Waals surface area contributed by atoms with Crippen molar-refractivity contribution in [3.63, 3.8) is 0 Å². The summed E-state index contributed by atoms with van der Waals surface area (Å²) in [6.07, 6.45) is 8.28. The van der Waals surface area contributed by atoms with Crippen LogP contribution in [0.3, 0.4) is 0 Å². The minimum absolute atomic E-state index is 0.0572. The van der Waals surface area contributed by atoms with E-state index in [4.69, 9.17) is 6.42 Å². The molecule has 0 bridgehead atoms. The lowest BCUT2D eigenvalue weighted by Gasteiger charge is -2.18. The Morgan fingerprint density at radius 3 is 2.57 bits per heavy atom. The molecule has 0 radical (unpaired) electrons. The third kappa shape index (κ3) is 3.93. The number of fused-ring (bicyclic) bond motifs is 4. The van der Waals surface area contributed by atoms with Crippen LogP contribution in [-0.2, 0) is 16.6 Å². The predicted octanol–water partition coefficient (Wildman–Crippen LogP) is 6.48. The van der Waals surface area contributed by atoms with Crippen LogP contribution in [0.1, 0.15) is 43.9 Å². The Morgan fingerprint density at radius 2 is 1.89 bits per heavy atom. The molecule has 1 aliphatic rings. The van der Waals surface area contributed by atoms with Crippen molar-refractivity contribution in [2.45, 2.75) is 44.0 Å². The third-order valence-corrected chi connectivity index (χ3v) is 7.92. The minimum atomic E-state index is -4.85. The Labute approximate surface area is 214 Å². The molecular formula is C30H25FN2O3S. The number of H-pyrrole nitrogens is 1. The fraction of sp³-hybridized carbons (Fsp3) is 0.233. The Kier molecular flexibility index (Phi) is 5.29. The molecule has 0 saturated heterocycles. The van der Waals surface area contributed by atoms with Gasteiger partial charge in [-0.15, -0.1) is 10.3 Å². The molecule has 3 aromatic carbocycles. The maximum atomic E-state index is 14.0. The molecule has 0 aliphatic heterocycles. The van der Waals surface area contributed by atoms with Gasteiger partial charge in [0.15, 0.2) is 5.43 Å². The lowest BCUT2D eigenvalue weighted by atomic mass is 9.91. The van der Waals surface area contributed by atoms with Gasteiger partial charge in [0.2, 0.25) is 0 Å². The number of halogens is 1. The molecule has 0 atom stereocenters. The molecule has 0 spiro atoms. The van der Waals surface area contributed by atoms with Crippen molar-refractivity contribution in [1.82, 2.24) is 9.55 Å². The molecule has 2 heterocycles. The highest BCUT2D eigenvalue weighted by Gasteiger charge is 2.29. The zero-order valence-corrected chi connectivity index (χ0v) is 21.3. The van der Waals surface area contributed by atoms with E-state index in [1.165, 1.54) is 12.1 Å². The fourth-order valence-corrected chi connectivity index (χ4v) is 5.87. The number of terminal acetylenes is 1. The van der Waals surface area contributed by atoms with Crippen molar-refractivity contribution in [3.05, 3.63) is 75.9 Å². The standard InChI is InChI=1S/C30H25FN2O3S/c1-4-18-8-11-23-26(13-18)32-30-28(23)29(34)25-15-20(12-17(2)3)24(16-27(25)33(30)21-9-10-21)19-6-5-7-22(14-19)37(31,35)36/h1,5-8,11,13-17,21,32H,9-10,12H2,2-3H3. The average Bonchev–Trinajstić information content (AvgIpc) is 3.62. The van der Waals surface area contributed by atoms with E-state index in [9.17, 15) is 17.1 Å². The second-order valence-corrected chi connectivity index (χ2v) is 11.6. The van der Waals surface area contributed by atoms with Crippen LogP contribution in [-0.4, -0.2) is 18.0 Å². The Hall–Kier alpha value is -3.89. The molecule has 0 amide bonds. The maximum Gasteiger partial charge on any atom is 0.332 e. The maximum absolute atomic E-state index is 14.0. The van der Waals surface area contributed by atoms with Gasteiger partial charge in [-0.1, -0.05) is 38.0 Å². The lowest BCUT2D eigenvalue weighted by molar-refractivity contribution is 0.552. The molecule has 5 nitrogen and oxygen atoms in total. The molecule has 1 saturated carbocycles. The number of aromatic amines is 1. The number of rotatable bonds is 5. The van der Waals surface area contributed by atoms with Crippen molar-refractivity contribution in [1.29, 1.82) is 0 Å². The molecule has 1 aliphatic carbocycles. The molecule has 1 fully saturated rings. The van der Waals surface area contributed by atoms with E-state index in [1.54, 1.807) is 12.1 Å². The molecule has 0 unspecified atom stereocenters. The number of pyridine rings is 1. The zero-order chi connectivity index (χ0) is 26.1. The van der Waals surface area contributed by atoms with Crippen molar-refractivity contribution in [2.24, 2.45) is 5.92 Å². The van der Waals surface area contributed by atoms with E-state index >= 15 is 0 Å². The summed E-state index contributed by atoms with van der Waals surface area (Å²) in [5.74, 6) is 2.94. The summed E-state index contributed by atoms with van der Waals surface area (Å²) in [6.45, 7) is 4.18. The van der Waals surface area contributed by atoms with Crippen molar-refractivity contribution in [3.8, 4) is 23.5 Å². The summed E-state index contributed by atoms with van der Waals surface area (Å²) < 4.78 is 39.3. The summed E-state index contributed by atoms with van der Waals surface area (Å²) in [5.41, 5.74) is 5.34. The Balaban J connectivity index is 1.73. The van der Waals surface area contributed by atoms with Gasteiger partial charge in [-0.25, -0.2) is 0 Å². The van der Waals surface area contributed by atoms with E-state index in [-0.39, 0.29) is 22.3 Å². The first-order chi connectivity index (χ1) is 17.7. The summed E-state index contributed by atoms with van der Waals surface area (Å²) in [5, 5.41) is 2.10. The van der Waals surface area contributed by atoms with Crippen molar-refractivity contribution < 1.29 is 12.3 Å². The van der Waals surface area contributed by atoms with Crippen LogP contribution in [0.15, 0.2) is 64.3 Å². The first kappa shape index (κ1) is 23.5. The number of nitrogens with zero attached hydrogens (tertiary/aromatic N) is 1. The molecule has 5 aromatic rings. The van der Waals surface area contributed by atoms with Gasteiger partial charge in [0.05, 0.1) is 15.8 Å². The van der Waals surface area contributed by atoms with Crippen LogP contribution in [0.2, 0.25) is 0 Å². The van der Waals surface area contributed by atoms with Gasteiger partial charge in [0, 0.05) is 27.9 Å². The topological polar surface area (TPSA) is 71.9 Å². The largest absolute Gasteiger partial charge is 0.340 e. The number of benzene rings is 3. The van der Waals surface area contributed by atoms with Crippen molar-refractivity contribution in [2.75, 3.05) is 0 Å². The highest BCUT2D eigenvalue weighted by molar-refractivity contribution is 7.86. The highest BCUT2D eigenvalue weighted by Crippen LogP contribution is 2.42. The van der Waals surface area contributed by atoms with Gasteiger partial charge in [-0.05, 0) is 78.3 Å². The SMILES string of the molecule is C#Cc1ccc2c(c1)[nH]c1c2c(=O)c2cc(CC(C)C)c(-c3cccc(S(=O)(=O)F)c3)cc2n1C1CC1.